The molecular weight excluding hydrogens is 372 g/mol. The smallest absolute Gasteiger partial charge is 0.227 e. The summed E-state index contributed by atoms with van der Waals surface area (Å²) in [4.78, 5) is 19.4. The summed E-state index contributed by atoms with van der Waals surface area (Å²) in [5.41, 5.74) is 2.08. The number of aromatic nitrogens is 2. The van der Waals surface area contributed by atoms with Crippen LogP contribution in [0.1, 0.15) is 36.8 Å². The van der Waals surface area contributed by atoms with Gasteiger partial charge in [-0.25, -0.2) is 0 Å². The van der Waals surface area contributed by atoms with E-state index in [9.17, 15) is 4.79 Å². The van der Waals surface area contributed by atoms with Crippen LogP contribution in [0.15, 0.2) is 51.7 Å². The Balaban J connectivity index is 1.34. The molecule has 0 saturated carbocycles. The highest BCUT2D eigenvalue weighted by atomic mass is 32.1. The van der Waals surface area contributed by atoms with Crippen LogP contribution in [-0.2, 0) is 11.2 Å². The zero-order valence-corrected chi connectivity index (χ0v) is 16.5. The summed E-state index contributed by atoms with van der Waals surface area (Å²) in [6.45, 7) is 3.05. The number of nitrogens with one attached hydrogen (secondary N) is 1. The topological polar surface area (TPSA) is 71.3 Å². The van der Waals surface area contributed by atoms with Gasteiger partial charge in [0, 0.05) is 30.3 Å². The summed E-state index contributed by atoms with van der Waals surface area (Å²) in [5.74, 6) is 1.07. The van der Waals surface area contributed by atoms with Crippen LogP contribution in [0.2, 0.25) is 0 Å². The van der Waals surface area contributed by atoms with Gasteiger partial charge in [-0.2, -0.15) is 16.3 Å². The molecular formula is C21H24N4O2S. The highest BCUT2D eigenvalue weighted by Crippen LogP contribution is 2.20. The van der Waals surface area contributed by atoms with Crippen LogP contribution in [0.5, 0.6) is 0 Å². The van der Waals surface area contributed by atoms with E-state index in [1.54, 1.807) is 11.3 Å². The second kappa shape index (κ2) is 9.12. The largest absolute Gasteiger partial charge is 0.348 e. The Morgan fingerprint density at radius 1 is 1.21 bits per heavy atom. The van der Waals surface area contributed by atoms with Crippen molar-refractivity contribution in [3.63, 3.8) is 0 Å². The number of hydrogen-bond donors (Lipinski definition) is 1. The Labute approximate surface area is 168 Å². The molecule has 2 aromatic heterocycles. The molecule has 0 spiro atoms. The first-order valence-electron chi connectivity index (χ1n) is 9.70. The lowest BCUT2D eigenvalue weighted by atomic mass is 10.1. The standard InChI is InChI=1S/C21H24N4O2S/c26-19(8-9-20-23-21(24-27-20)17-10-13-28-15-17)22-18(14-25-11-4-5-12-25)16-6-2-1-3-7-16/h1-3,6-7,10,13,15,18H,4-5,8-9,11-12,14H2,(H,22,26). The van der Waals surface area contributed by atoms with Crippen LogP contribution < -0.4 is 5.32 Å². The van der Waals surface area contributed by atoms with Gasteiger partial charge in [-0.05, 0) is 42.9 Å². The molecule has 28 heavy (non-hydrogen) atoms. The Morgan fingerprint density at radius 2 is 2.04 bits per heavy atom. The normalized spacial score (nSPS) is 15.6. The Hall–Kier alpha value is -2.51. The first kappa shape index (κ1) is 18.8. The van der Waals surface area contributed by atoms with Gasteiger partial charge in [0.15, 0.2) is 0 Å². The minimum absolute atomic E-state index is 0.00309. The molecule has 1 aromatic carbocycles. The van der Waals surface area contributed by atoms with Crippen molar-refractivity contribution in [3.05, 3.63) is 58.6 Å². The summed E-state index contributed by atoms with van der Waals surface area (Å²) in [5, 5.41) is 11.1. The third-order valence-electron chi connectivity index (χ3n) is 4.99. The van der Waals surface area contributed by atoms with Crippen molar-refractivity contribution in [1.82, 2.24) is 20.4 Å². The Bertz CT molecular complexity index is 873. The van der Waals surface area contributed by atoms with Gasteiger partial charge in [0.2, 0.25) is 17.6 Å². The molecule has 0 bridgehead atoms. The molecule has 3 heterocycles. The first-order chi connectivity index (χ1) is 13.8. The molecule has 1 atom stereocenters. The van der Waals surface area contributed by atoms with Gasteiger partial charge in [0.25, 0.3) is 0 Å². The number of likely N-dealkylation sites (tertiary alicyclic amines) is 1. The van der Waals surface area contributed by atoms with Crippen LogP contribution in [0, 0.1) is 0 Å². The van der Waals surface area contributed by atoms with Gasteiger partial charge in [0.05, 0.1) is 6.04 Å². The molecule has 0 aliphatic carbocycles. The monoisotopic (exact) mass is 396 g/mol. The molecule has 6 nitrogen and oxygen atoms in total. The molecule has 1 fully saturated rings. The van der Waals surface area contributed by atoms with Crippen molar-refractivity contribution in [3.8, 4) is 11.4 Å². The predicted molar refractivity (Wildman–Crippen MR) is 109 cm³/mol. The average Bonchev–Trinajstić information content (AvgIpc) is 3.48. The second-order valence-electron chi connectivity index (χ2n) is 7.06. The van der Waals surface area contributed by atoms with Gasteiger partial charge in [0.1, 0.15) is 0 Å². The highest BCUT2D eigenvalue weighted by molar-refractivity contribution is 7.08. The van der Waals surface area contributed by atoms with Gasteiger partial charge < -0.3 is 14.7 Å². The number of amides is 1. The summed E-state index contributed by atoms with van der Waals surface area (Å²) in [7, 11) is 0. The summed E-state index contributed by atoms with van der Waals surface area (Å²) in [6.07, 6.45) is 3.24. The molecule has 4 rings (SSSR count). The second-order valence-corrected chi connectivity index (χ2v) is 7.84. The molecule has 0 radical (unpaired) electrons. The van der Waals surface area contributed by atoms with E-state index in [-0.39, 0.29) is 11.9 Å². The van der Waals surface area contributed by atoms with E-state index < -0.39 is 0 Å². The molecule has 7 heteroatoms. The van der Waals surface area contributed by atoms with E-state index >= 15 is 0 Å². The fourth-order valence-corrected chi connectivity index (χ4v) is 4.13. The number of carbonyl (C=O) groups excluding carboxylic acids is 1. The number of rotatable bonds is 8. The van der Waals surface area contributed by atoms with Crippen molar-refractivity contribution >= 4 is 17.2 Å². The van der Waals surface area contributed by atoms with E-state index in [4.69, 9.17) is 4.52 Å². The molecule has 1 saturated heterocycles. The minimum Gasteiger partial charge on any atom is -0.348 e. The number of thiophene rings is 1. The van der Waals surface area contributed by atoms with Crippen LogP contribution in [0.25, 0.3) is 11.4 Å². The van der Waals surface area contributed by atoms with Crippen LogP contribution in [-0.4, -0.2) is 40.6 Å². The third-order valence-corrected chi connectivity index (χ3v) is 5.67. The number of nitrogens with zero attached hydrogens (tertiary/aromatic N) is 3. The van der Waals surface area contributed by atoms with Crippen LogP contribution in [0.4, 0.5) is 0 Å². The Kier molecular flexibility index (Phi) is 6.14. The highest BCUT2D eigenvalue weighted by Gasteiger charge is 2.21. The molecule has 1 aliphatic heterocycles. The zero-order valence-electron chi connectivity index (χ0n) is 15.7. The number of hydrogen-bond acceptors (Lipinski definition) is 6. The molecule has 1 amide bonds. The van der Waals surface area contributed by atoms with E-state index in [0.29, 0.717) is 24.6 Å². The first-order valence-corrected chi connectivity index (χ1v) is 10.6. The van der Waals surface area contributed by atoms with Gasteiger partial charge in [-0.15, -0.1) is 0 Å². The van der Waals surface area contributed by atoms with Crippen LogP contribution in [0.3, 0.4) is 0 Å². The Morgan fingerprint density at radius 3 is 2.79 bits per heavy atom. The van der Waals surface area contributed by atoms with Crippen molar-refractivity contribution in [2.75, 3.05) is 19.6 Å². The van der Waals surface area contributed by atoms with Crippen molar-refractivity contribution in [1.29, 1.82) is 0 Å². The lowest BCUT2D eigenvalue weighted by molar-refractivity contribution is -0.122. The summed E-state index contributed by atoms with van der Waals surface area (Å²) >= 11 is 1.59. The zero-order chi connectivity index (χ0) is 19.2. The fraction of sp³-hybridized carbons (Fsp3) is 0.381. The van der Waals surface area contributed by atoms with E-state index in [0.717, 1.165) is 30.8 Å². The number of benzene rings is 1. The van der Waals surface area contributed by atoms with Crippen molar-refractivity contribution < 1.29 is 9.32 Å². The molecule has 3 aromatic rings. The fourth-order valence-electron chi connectivity index (χ4n) is 3.50. The number of aryl methyl sites for hydroxylation is 1. The number of carbonyl (C=O) groups is 1. The SMILES string of the molecule is O=C(CCc1nc(-c2ccsc2)no1)NC(CN1CCCC1)c1ccccc1. The minimum atomic E-state index is -0.00384. The maximum absolute atomic E-state index is 12.6. The summed E-state index contributed by atoms with van der Waals surface area (Å²) in [6, 6.07) is 12.1. The lowest BCUT2D eigenvalue weighted by Gasteiger charge is -2.25. The van der Waals surface area contributed by atoms with Crippen molar-refractivity contribution in [2.45, 2.75) is 31.7 Å². The lowest BCUT2D eigenvalue weighted by Crippen LogP contribution is -2.37. The molecule has 146 valence electrons. The van der Waals surface area contributed by atoms with E-state index in [1.807, 2.05) is 35.0 Å². The predicted octanol–water partition coefficient (Wildman–Crippen LogP) is 3.68. The van der Waals surface area contributed by atoms with E-state index in [1.165, 1.54) is 12.8 Å². The third kappa shape index (κ3) is 4.85. The summed E-state index contributed by atoms with van der Waals surface area (Å²) < 4.78 is 5.29. The van der Waals surface area contributed by atoms with E-state index in [2.05, 4.69) is 32.5 Å². The van der Waals surface area contributed by atoms with Crippen LogP contribution >= 0.6 is 11.3 Å². The quantitative estimate of drug-likeness (QED) is 0.629. The average molecular weight is 397 g/mol. The molecule has 1 aliphatic rings. The van der Waals surface area contributed by atoms with Gasteiger partial charge in [-0.1, -0.05) is 35.5 Å². The maximum Gasteiger partial charge on any atom is 0.227 e. The van der Waals surface area contributed by atoms with Gasteiger partial charge >= 0.3 is 0 Å². The van der Waals surface area contributed by atoms with Gasteiger partial charge in [-0.3, -0.25) is 4.79 Å². The van der Waals surface area contributed by atoms with Crippen molar-refractivity contribution in [2.24, 2.45) is 0 Å². The molecule has 1 N–H and O–H groups in total. The maximum atomic E-state index is 12.6. The molecule has 1 unspecified atom stereocenters.